The molecule has 0 fully saturated rings. The zero-order chi connectivity index (χ0) is 60.1. The lowest BCUT2D eigenvalue weighted by molar-refractivity contribution is 0.132. The zero-order valence-electron chi connectivity index (χ0n) is 52.1. The third-order valence-corrected chi connectivity index (χ3v) is 33.5. The number of allylic oxidation sites excluding steroid dienone is 2. The van der Waals surface area contributed by atoms with Crippen LogP contribution in [-0.2, 0) is 27.1 Å². The Balaban J connectivity index is 1.03. The fraction of sp³-hybridized carbons (Fsp3) is 0.137. The molecule has 0 radical (unpaired) electrons. The highest BCUT2D eigenvalue weighted by Gasteiger charge is 2.90. The van der Waals surface area contributed by atoms with Crippen molar-refractivity contribution in [3.8, 4) is 0 Å². The number of benzene rings is 20. The topological polar surface area (TPSA) is 0 Å². The van der Waals surface area contributed by atoms with Crippen LogP contribution in [0.15, 0.2) is 132 Å². The Morgan fingerprint density at radius 3 is 0.802 bits per heavy atom. The van der Waals surface area contributed by atoms with Crippen molar-refractivity contribution in [2.75, 3.05) is 0 Å². The van der Waals surface area contributed by atoms with E-state index in [0.717, 1.165) is 0 Å². The van der Waals surface area contributed by atoms with E-state index in [4.69, 9.17) is 0 Å². The van der Waals surface area contributed by atoms with E-state index in [1.807, 2.05) is 0 Å². The molecule has 0 bridgehead atoms. The third kappa shape index (κ3) is 2.62. The lowest BCUT2D eigenvalue weighted by atomic mass is 9.36. The monoisotopic (exact) mass is 1210 g/mol. The molecule has 0 amide bonds. The number of hydrogen-bond acceptors (Lipinski definition) is 0. The van der Waals surface area contributed by atoms with Crippen molar-refractivity contribution >= 4 is 227 Å². The Kier molecular flexibility index (Phi) is 4.60. The number of alkyl halides is 1. The van der Waals surface area contributed by atoms with E-state index >= 15 is 0 Å². The molecule has 8 atom stereocenters. The Morgan fingerprint density at radius 1 is 0.219 bits per heavy atom. The van der Waals surface area contributed by atoms with Crippen LogP contribution in [0, 0.1) is 46.5 Å². The van der Waals surface area contributed by atoms with Gasteiger partial charge in [-0.3, -0.25) is 0 Å². The lowest BCUT2D eigenvalue weighted by Gasteiger charge is -2.67. The molecule has 0 N–H and O–H groups in total. The van der Waals surface area contributed by atoms with Crippen molar-refractivity contribution in [2.45, 2.75) is 66.6 Å². The molecule has 0 saturated heterocycles. The van der Waals surface area contributed by atoms with Crippen molar-refractivity contribution < 1.29 is 0 Å². The minimum absolute atomic E-state index is 0.0874. The van der Waals surface area contributed by atoms with Crippen LogP contribution in [0.4, 0.5) is 0 Å². The maximum atomic E-state index is 11.2. The van der Waals surface area contributed by atoms with E-state index in [1.54, 1.807) is 282 Å². The summed E-state index contributed by atoms with van der Waals surface area (Å²) in [6.45, 7) is 11.7. The van der Waals surface area contributed by atoms with Gasteiger partial charge in [0.1, 0.15) is 0 Å². The second-order valence-corrected chi connectivity index (χ2v) is 35.0. The summed E-state index contributed by atoms with van der Waals surface area (Å²) in [7, 11) is 0. The molecule has 0 aromatic heterocycles. The van der Waals surface area contributed by atoms with E-state index < -0.39 is 31.9 Å². The summed E-state index contributed by atoms with van der Waals surface area (Å²) in [6.07, 6.45) is 0. The summed E-state index contributed by atoms with van der Waals surface area (Å²) in [4.78, 5) is -1.07. The summed E-state index contributed by atoms with van der Waals surface area (Å²) >= 11 is 11.2. The predicted molar refractivity (Wildman–Crippen MR) is 396 cm³/mol. The van der Waals surface area contributed by atoms with Crippen molar-refractivity contribution in [3.05, 3.63) is 244 Å². The van der Waals surface area contributed by atoms with E-state index in [1.165, 1.54) is 55.6 Å². The summed E-state index contributed by atoms with van der Waals surface area (Å²) in [5.74, 6) is -0.252. The van der Waals surface area contributed by atoms with Gasteiger partial charge in [0.05, 0.1) is 31.9 Å². The highest BCUT2D eigenvalue weighted by atomic mass is 35.5. The van der Waals surface area contributed by atoms with Crippen LogP contribution in [0.5, 0.6) is 0 Å². The highest BCUT2D eigenvalue weighted by molar-refractivity contribution is 6.77. The maximum absolute atomic E-state index is 11.2. The number of halogens is 1. The second-order valence-electron chi connectivity index (χ2n) is 34.4. The van der Waals surface area contributed by atoms with Crippen LogP contribution in [-0.4, -0.2) is 4.87 Å². The second kappa shape index (κ2) is 10.5. The van der Waals surface area contributed by atoms with E-state index in [2.05, 4.69) is 156 Å². The molecule has 424 valence electrons. The van der Waals surface area contributed by atoms with Gasteiger partial charge in [-0.05, 0) is 345 Å². The minimum Gasteiger partial charge on any atom is -0.112 e. The normalized spacial score (nSPS) is 28.1. The van der Waals surface area contributed by atoms with Crippen LogP contribution in [0.2, 0.25) is 0 Å². The van der Waals surface area contributed by atoms with Gasteiger partial charge < -0.3 is 0 Å². The number of hydrogen-bond donors (Lipinski definition) is 0. The zero-order valence-corrected chi connectivity index (χ0v) is 52.8. The smallest absolute Gasteiger partial charge is 0.0901 e. The first-order valence-electron chi connectivity index (χ1n) is 35.8. The fourth-order valence-electron chi connectivity index (χ4n) is 31.8. The van der Waals surface area contributed by atoms with E-state index in [-0.39, 0.29) is 11.8 Å². The third-order valence-electron chi connectivity index (χ3n) is 32.8. The van der Waals surface area contributed by atoms with Crippen molar-refractivity contribution in [1.82, 2.24) is 0 Å². The van der Waals surface area contributed by atoms with Crippen LogP contribution in [0.1, 0.15) is 111 Å². The maximum Gasteiger partial charge on any atom is 0.0901 e. The van der Waals surface area contributed by atoms with Gasteiger partial charge in [0.15, 0.2) is 0 Å². The Morgan fingerprint density at radius 2 is 0.438 bits per heavy atom. The van der Waals surface area contributed by atoms with Gasteiger partial charge in [-0.25, -0.2) is 0 Å². The predicted octanol–water partition coefficient (Wildman–Crippen LogP) is 23.0. The summed E-state index contributed by atoms with van der Waals surface area (Å²) in [5.41, 5.74) is 29.8. The molecule has 37 rings (SSSR count). The van der Waals surface area contributed by atoms with Gasteiger partial charge in [0.25, 0.3) is 0 Å². The summed E-state index contributed by atoms with van der Waals surface area (Å²) in [6, 6.07) is 52.0. The minimum atomic E-state index is -1.07. The van der Waals surface area contributed by atoms with Gasteiger partial charge in [-0.1, -0.05) is 149 Å². The molecule has 0 aliphatic heterocycles. The Bertz CT molecular complexity index is 8700. The molecular formula is C95H37Cl. The van der Waals surface area contributed by atoms with Crippen molar-refractivity contribution in [1.29, 1.82) is 0 Å². The SMILES string of the molecule is Cc1ccc(C23C4=C5C6(c7ccc(C)cc7)c7c2c2c8c3c3c9c%10c%11c%12c%13c%14c%15c%16c%17c%18c(c6c6c7c7c2c2c%19c8c9c8c9c%10c%13c%10c%13c%14c%17c%14c%17c%18c6c6c7c2c2c(c%198)c(c9%10)c(c%13%14)c2c6%17)C%16(c2ccc(C)cc2)C5(Cl)C(C4C3%11c2ccc(C)cc2)C%12%15c2ccc(C)cc2)cc1. The molecule has 1 heteroatoms. The summed E-state index contributed by atoms with van der Waals surface area (Å²) in [5, 5.41) is 64.2. The number of rotatable bonds is 5. The average Bonchev–Trinajstić information content (AvgIpc) is 1.37. The molecule has 26 aromatic rings. The molecule has 11 aliphatic rings. The van der Waals surface area contributed by atoms with Crippen LogP contribution < -0.4 is 0 Å². The van der Waals surface area contributed by atoms with Gasteiger partial charge in [0, 0.05) is 11.8 Å². The van der Waals surface area contributed by atoms with E-state index in [0.29, 0.717) is 0 Å². The molecule has 0 saturated carbocycles. The van der Waals surface area contributed by atoms with Gasteiger partial charge in [-0.2, -0.15) is 0 Å². The number of aryl methyl sites for hydroxylation is 5. The van der Waals surface area contributed by atoms with Gasteiger partial charge in [-0.15, -0.1) is 11.6 Å². The first kappa shape index (κ1) is 42.1. The molecule has 0 nitrogen and oxygen atoms in total. The standard InChI is InChI=1S/C95H37Cl/c1-26-6-16-31(17-7-26)90-76-66-56-46-41-36-37-39-40-38(36)43-49-47(41)57(56)67-69-59(49)61-51(43)53-45(40)55-54-44(39)52-50-42(37)48(46)58-60(50)70-72-62(52)64(54)74-75-65(55)63(53)73-71(61)81-79(69)91(77(67)76,32-18-8-27(2)9-19-32)87-86(90)88-92(80(70)78(90)68(58)66,33-20-10-28(3)11-21-33)82(72)84(74)94(35-24-14-30(5)15-25-35)85(75)83(73)93(81,89(87)95(88,94)96)34-22-12-29(4)13-23-34/h6-25,86,88H,1-5H3. The largest absolute Gasteiger partial charge is 0.112 e. The molecule has 0 spiro atoms. The van der Waals surface area contributed by atoms with E-state index in [9.17, 15) is 11.6 Å². The van der Waals surface area contributed by atoms with Crippen molar-refractivity contribution in [3.63, 3.8) is 0 Å². The lowest BCUT2D eigenvalue weighted by Crippen LogP contribution is -2.70. The average molecular weight is 1210 g/mol. The highest BCUT2D eigenvalue weighted by Crippen LogP contribution is 2.96. The van der Waals surface area contributed by atoms with Crippen LogP contribution in [0.3, 0.4) is 0 Å². The molecule has 8 unspecified atom stereocenters. The summed E-state index contributed by atoms with van der Waals surface area (Å²) < 4.78 is 0. The Labute approximate surface area is 545 Å². The first-order chi connectivity index (χ1) is 47.2. The molecule has 96 heavy (non-hydrogen) atoms. The van der Waals surface area contributed by atoms with Crippen LogP contribution >= 0.6 is 11.6 Å². The quantitative estimate of drug-likeness (QED) is 0.0915. The fourth-order valence-corrected chi connectivity index (χ4v) is 32.6. The molecule has 11 aliphatic carbocycles. The molecular weight excluding hydrogens is 1180 g/mol. The molecule has 26 aromatic carbocycles. The molecule has 0 heterocycles. The first-order valence-corrected chi connectivity index (χ1v) is 36.2. The Hall–Kier alpha value is -10.4. The van der Waals surface area contributed by atoms with Crippen molar-refractivity contribution in [2.24, 2.45) is 11.8 Å². The van der Waals surface area contributed by atoms with Gasteiger partial charge in [0.2, 0.25) is 0 Å². The van der Waals surface area contributed by atoms with Gasteiger partial charge >= 0.3 is 0 Å². The van der Waals surface area contributed by atoms with Crippen LogP contribution in [0.25, 0.3) is 215 Å².